The Morgan fingerprint density at radius 1 is 1.41 bits per heavy atom. The molecule has 2 heterocycles. The number of likely N-dealkylation sites (tertiary alicyclic amines) is 1. The quantitative estimate of drug-likeness (QED) is 0.943. The molecule has 1 aromatic carbocycles. The molecule has 5 nitrogen and oxygen atoms in total. The van der Waals surface area contributed by atoms with Gasteiger partial charge in [-0.1, -0.05) is 31.5 Å². The van der Waals surface area contributed by atoms with Crippen LogP contribution in [0.2, 0.25) is 0 Å². The maximum Gasteiger partial charge on any atom is 0.275 e. The first-order valence-electron chi connectivity index (χ1n) is 7.97. The number of aliphatic hydroxyl groups excluding tert-OH is 1. The van der Waals surface area contributed by atoms with Crippen LogP contribution in [0.4, 0.5) is 0 Å². The SMILES string of the molecule is CCCC1(CO)CCCN1C(=O)c1nn(C)c2ccccc12. The van der Waals surface area contributed by atoms with Crippen molar-refractivity contribution >= 4 is 16.8 Å². The van der Waals surface area contributed by atoms with E-state index in [4.69, 9.17) is 0 Å². The third-order valence-electron chi connectivity index (χ3n) is 4.81. The second-order valence-corrected chi connectivity index (χ2v) is 6.18. The molecule has 1 fully saturated rings. The van der Waals surface area contributed by atoms with Crippen LogP contribution in [-0.2, 0) is 7.05 Å². The van der Waals surface area contributed by atoms with E-state index in [2.05, 4.69) is 12.0 Å². The molecule has 1 unspecified atom stereocenters. The van der Waals surface area contributed by atoms with Gasteiger partial charge in [0.1, 0.15) is 0 Å². The minimum Gasteiger partial charge on any atom is -0.394 e. The van der Waals surface area contributed by atoms with E-state index in [1.54, 1.807) is 4.68 Å². The first kappa shape index (κ1) is 15.0. The van der Waals surface area contributed by atoms with Crippen molar-refractivity contribution in [3.63, 3.8) is 0 Å². The molecule has 1 aromatic heterocycles. The fourth-order valence-corrected chi connectivity index (χ4v) is 3.72. The summed E-state index contributed by atoms with van der Waals surface area (Å²) in [6.07, 6.45) is 3.60. The number of amides is 1. The third kappa shape index (κ3) is 2.20. The van der Waals surface area contributed by atoms with Gasteiger partial charge in [-0.05, 0) is 25.3 Å². The summed E-state index contributed by atoms with van der Waals surface area (Å²) >= 11 is 0. The van der Waals surface area contributed by atoms with Gasteiger partial charge in [0.15, 0.2) is 5.69 Å². The number of nitrogens with zero attached hydrogens (tertiary/aromatic N) is 3. The van der Waals surface area contributed by atoms with Crippen molar-refractivity contribution in [2.45, 2.75) is 38.1 Å². The molecule has 0 saturated carbocycles. The van der Waals surface area contributed by atoms with E-state index in [0.29, 0.717) is 12.2 Å². The predicted octanol–water partition coefficient (Wildman–Crippen LogP) is 2.34. The van der Waals surface area contributed by atoms with Crippen molar-refractivity contribution in [3.8, 4) is 0 Å². The number of rotatable bonds is 4. The maximum atomic E-state index is 13.1. The summed E-state index contributed by atoms with van der Waals surface area (Å²) in [4.78, 5) is 14.9. The molecule has 0 aliphatic carbocycles. The molecule has 1 atom stereocenters. The van der Waals surface area contributed by atoms with E-state index in [1.807, 2.05) is 36.2 Å². The van der Waals surface area contributed by atoms with E-state index >= 15 is 0 Å². The van der Waals surface area contributed by atoms with E-state index in [-0.39, 0.29) is 12.5 Å². The molecule has 3 rings (SSSR count). The number of fused-ring (bicyclic) bond motifs is 1. The van der Waals surface area contributed by atoms with Crippen molar-refractivity contribution in [1.82, 2.24) is 14.7 Å². The van der Waals surface area contributed by atoms with Gasteiger partial charge in [-0.3, -0.25) is 9.48 Å². The third-order valence-corrected chi connectivity index (χ3v) is 4.81. The van der Waals surface area contributed by atoms with Crippen molar-refractivity contribution in [3.05, 3.63) is 30.0 Å². The van der Waals surface area contributed by atoms with Gasteiger partial charge in [-0.15, -0.1) is 0 Å². The molecular formula is C17H23N3O2. The van der Waals surface area contributed by atoms with Gasteiger partial charge in [0.2, 0.25) is 0 Å². The standard InChI is InChI=1S/C17H23N3O2/c1-3-9-17(12-21)10-6-11-20(17)16(22)15-13-7-4-5-8-14(13)19(2)18-15/h4-5,7-8,21H,3,6,9-12H2,1-2H3. The Morgan fingerprint density at radius 2 is 2.18 bits per heavy atom. The molecule has 1 saturated heterocycles. The number of aryl methyl sites for hydroxylation is 1. The normalized spacial score (nSPS) is 21.7. The molecule has 0 bridgehead atoms. The monoisotopic (exact) mass is 301 g/mol. The van der Waals surface area contributed by atoms with Crippen LogP contribution in [0.5, 0.6) is 0 Å². The minimum atomic E-state index is -0.412. The van der Waals surface area contributed by atoms with Crippen molar-refractivity contribution in [2.75, 3.05) is 13.2 Å². The van der Waals surface area contributed by atoms with Gasteiger partial charge in [0.25, 0.3) is 5.91 Å². The molecule has 118 valence electrons. The zero-order valence-corrected chi connectivity index (χ0v) is 13.2. The molecule has 0 radical (unpaired) electrons. The summed E-state index contributed by atoms with van der Waals surface area (Å²) in [6, 6.07) is 7.78. The number of hydrogen-bond donors (Lipinski definition) is 1. The number of aromatic nitrogens is 2. The molecule has 2 aromatic rings. The van der Waals surface area contributed by atoms with Gasteiger partial charge in [0.05, 0.1) is 17.7 Å². The van der Waals surface area contributed by atoms with Crippen molar-refractivity contribution in [2.24, 2.45) is 7.05 Å². The average Bonchev–Trinajstić information content (AvgIpc) is 3.10. The highest BCUT2D eigenvalue weighted by Crippen LogP contribution is 2.35. The van der Waals surface area contributed by atoms with Gasteiger partial charge in [-0.25, -0.2) is 0 Å². The topological polar surface area (TPSA) is 58.4 Å². The number of carbonyl (C=O) groups is 1. The van der Waals surface area contributed by atoms with E-state index < -0.39 is 5.54 Å². The van der Waals surface area contributed by atoms with Crippen LogP contribution in [0.1, 0.15) is 43.1 Å². The summed E-state index contributed by atoms with van der Waals surface area (Å²) in [5.41, 5.74) is 1.04. The highest BCUT2D eigenvalue weighted by atomic mass is 16.3. The summed E-state index contributed by atoms with van der Waals surface area (Å²) in [7, 11) is 1.86. The summed E-state index contributed by atoms with van der Waals surface area (Å²) in [5, 5.41) is 15.2. The number of benzene rings is 1. The second-order valence-electron chi connectivity index (χ2n) is 6.18. The highest BCUT2D eigenvalue weighted by Gasteiger charge is 2.43. The molecule has 1 aliphatic rings. The lowest BCUT2D eigenvalue weighted by Gasteiger charge is -2.36. The molecule has 1 N–H and O–H groups in total. The number of para-hydroxylation sites is 1. The van der Waals surface area contributed by atoms with Crippen LogP contribution in [0, 0.1) is 0 Å². The Kier molecular flexibility index (Phi) is 3.91. The maximum absolute atomic E-state index is 13.1. The first-order valence-corrected chi connectivity index (χ1v) is 7.97. The fraction of sp³-hybridized carbons (Fsp3) is 0.529. The lowest BCUT2D eigenvalue weighted by Crippen LogP contribution is -2.50. The molecular weight excluding hydrogens is 278 g/mol. The average molecular weight is 301 g/mol. The highest BCUT2D eigenvalue weighted by molar-refractivity contribution is 6.05. The number of carbonyl (C=O) groups excluding carboxylic acids is 1. The van der Waals surface area contributed by atoms with Gasteiger partial charge < -0.3 is 10.0 Å². The minimum absolute atomic E-state index is 0.0251. The van der Waals surface area contributed by atoms with Crippen LogP contribution in [-0.4, -0.2) is 44.4 Å². The molecule has 1 amide bonds. The molecule has 5 heteroatoms. The Balaban J connectivity index is 2.02. The van der Waals surface area contributed by atoms with Gasteiger partial charge in [-0.2, -0.15) is 5.10 Å². The van der Waals surface area contributed by atoms with Gasteiger partial charge >= 0.3 is 0 Å². The summed E-state index contributed by atoms with van der Waals surface area (Å²) < 4.78 is 1.75. The van der Waals surface area contributed by atoms with Crippen LogP contribution < -0.4 is 0 Å². The summed E-state index contributed by atoms with van der Waals surface area (Å²) in [5.74, 6) is -0.0585. The predicted molar refractivity (Wildman–Crippen MR) is 85.7 cm³/mol. The zero-order valence-electron chi connectivity index (χ0n) is 13.2. The molecule has 0 spiro atoms. The van der Waals surface area contributed by atoms with Crippen molar-refractivity contribution in [1.29, 1.82) is 0 Å². The Hall–Kier alpha value is -1.88. The zero-order chi connectivity index (χ0) is 15.7. The number of aliphatic hydroxyl groups is 1. The van der Waals surface area contributed by atoms with Crippen molar-refractivity contribution < 1.29 is 9.90 Å². The second kappa shape index (κ2) is 5.72. The molecule has 22 heavy (non-hydrogen) atoms. The van der Waals surface area contributed by atoms with Gasteiger partial charge in [0, 0.05) is 19.0 Å². The number of hydrogen-bond acceptors (Lipinski definition) is 3. The fourth-order valence-electron chi connectivity index (χ4n) is 3.72. The Labute approximate surface area is 130 Å². The van der Waals surface area contributed by atoms with E-state index in [1.165, 1.54) is 0 Å². The Bertz CT molecular complexity index is 694. The smallest absolute Gasteiger partial charge is 0.275 e. The first-order chi connectivity index (χ1) is 10.6. The summed E-state index contributed by atoms with van der Waals surface area (Å²) in [6.45, 7) is 2.82. The lowest BCUT2D eigenvalue weighted by atomic mass is 9.91. The van der Waals surface area contributed by atoms with Crippen LogP contribution >= 0.6 is 0 Å². The van der Waals surface area contributed by atoms with Crippen LogP contribution in [0.3, 0.4) is 0 Å². The largest absolute Gasteiger partial charge is 0.394 e. The Morgan fingerprint density at radius 3 is 2.91 bits per heavy atom. The molecule has 1 aliphatic heterocycles. The van der Waals surface area contributed by atoms with E-state index in [9.17, 15) is 9.90 Å². The van der Waals surface area contributed by atoms with Crippen LogP contribution in [0.25, 0.3) is 10.9 Å². The van der Waals surface area contributed by atoms with Crippen LogP contribution in [0.15, 0.2) is 24.3 Å². The lowest BCUT2D eigenvalue weighted by molar-refractivity contribution is 0.0373. The van der Waals surface area contributed by atoms with E-state index in [0.717, 1.165) is 36.6 Å².